The number of carbonyl (C=O) groups is 1. The SMILES string of the molecule is CS(=O)(=O)N1CCC(C(=O)NCc2ccc(COc3ccccc3)cc2)CC1. The first-order chi connectivity index (χ1) is 13.4. The molecule has 28 heavy (non-hydrogen) atoms. The monoisotopic (exact) mass is 402 g/mol. The lowest BCUT2D eigenvalue weighted by atomic mass is 9.97. The predicted octanol–water partition coefficient (Wildman–Crippen LogP) is 2.55. The summed E-state index contributed by atoms with van der Waals surface area (Å²) < 4.78 is 30.3. The Bertz CT molecular complexity index is 874. The molecule has 3 rings (SSSR count). The van der Waals surface area contributed by atoms with Crippen LogP contribution < -0.4 is 10.1 Å². The standard InChI is InChI=1S/C21H26N2O4S/c1-28(25,26)23-13-11-19(12-14-23)21(24)22-15-17-7-9-18(10-8-17)16-27-20-5-3-2-4-6-20/h2-10,19H,11-16H2,1H3,(H,22,24). The molecule has 1 amide bonds. The first-order valence-corrected chi connectivity index (χ1v) is 11.2. The molecule has 0 spiro atoms. The summed E-state index contributed by atoms with van der Waals surface area (Å²) in [4.78, 5) is 12.4. The molecule has 1 aliphatic heterocycles. The second kappa shape index (κ2) is 9.21. The van der Waals surface area contributed by atoms with E-state index in [1.807, 2.05) is 54.6 Å². The van der Waals surface area contributed by atoms with Crippen LogP contribution in [0.4, 0.5) is 0 Å². The maximum Gasteiger partial charge on any atom is 0.223 e. The third-order valence-corrected chi connectivity index (χ3v) is 6.24. The molecular formula is C21H26N2O4S. The first-order valence-electron chi connectivity index (χ1n) is 9.40. The van der Waals surface area contributed by atoms with E-state index in [1.165, 1.54) is 10.6 Å². The summed E-state index contributed by atoms with van der Waals surface area (Å²) in [5.74, 6) is 0.696. The van der Waals surface area contributed by atoms with Crippen LogP contribution in [0.1, 0.15) is 24.0 Å². The lowest BCUT2D eigenvalue weighted by Gasteiger charge is -2.29. The first kappa shape index (κ1) is 20.4. The van der Waals surface area contributed by atoms with Crippen LogP contribution in [0.3, 0.4) is 0 Å². The Labute approximate surface area is 166 Å². The number of nitrogens with one attached hydrogen (secondary N) is 1. The van der Waals surface area contributed by atoms with Crippen molar-refractivity contribution in [2.24, 2.45) is 5.92 Å². The van der Waals surface area contributed by atoms with Gasteiger partial charge in [-0.1, -0.05) is 42.5 Å². The lowest BCUT2D eigenvalue weighted by molar-refractivity contribution is -0.126. The molecule has 1 saturated heterocycles. The summed E-state index contributed by atoms with van der Waals surface area (Å²) in [6.45, 7) is 1.78. The van der Waals surface area contributed by atoms with E-state index >= 15 is 0 Å². The summed E-state index contributed by atoms with van der Waals surface area (Å²) in [5, 5.41) is 2.96. The number of hydrogen-bond donors (Lipinski definition) is 1. The van der Waals surface area contributed by atoms with Crippen LogP contribution in [0, 0.1) is 5.92 Å². The molecule has 2 aromatic rings. The van der Waals surface area contributed by atoms with Gasteiger partial charge in [-0.05, 0) is 36.1 Å². The van der Waals surface area contributed by atoms with Gasteiger partial charge >= 0.3 is 0 Å². The number of sulfonamides is 1. The molecule has 1 heterocycles. The maximum atomic E-state index is 12.4. The fraction of sp³-hybridized carbons (Fsp3) is 0.381. The van der Waals surface area contributed by atoms with E-state index in [4.69, 9.17) is 4.74 Å². The zero-order valence-electron chi connectivity index (χ0n) is 16.0. The van der Waals surface area contributed by atoms with Crippen LogP contribution in [0.5, 0.6) is 5.75 Å². The van der Waals surface area contributed by atoms with Crippen molar-refractivity contribution in [2.75, 3.05) is 19.3 Å². The molecule has 7 heteroatoms. The van der Waals surface area contributed by atoms with Crippen LogP contribution in [0.25, 0.3) is 0 Å². The maximum absolute atomic E-state index is 12.4. The summed E-state index contributed by atoms with van der Waals surface area (Å²) in [7, 11) is -3.17. The van der Waals surface area contributed by atoms with E-state index in [0.717, 1.165) is 16.9 Å². The van der Waals surface area contributed by atoms with Crippen molar-refractivity contribution in [2.45, 2.75) is 26.0 Å². The summed E-state index contributed by atoms with van der Waals surface area (Å²) in [6, 6.07) is 17.6. The van der Waals surface area contributed by atoms with Crippen molar-refractivity contribution in [3.63, 3.8) is 0 Å². The van der Waals surface area contributed by atoms with Gasteiger partial charge in [0.05, 0.1) is 6.26 Å². The molecule has 1 aliphatic rings. The van der Waals surface area contributed by atoms with Crippen molar-refractivity contribution >= 4 is 15.9 Å². The fourth-order valence-corrected chi connectivity index (χ4v) is 4.09. The number of hydrogen-bond acceptors (Lipinski definition) is 4. The second-order valence-corrected chi connectivity index (χ2v) is 9.05. The normalized spacial score (nSPS) is 15.9. The van der Waals surface area contributed by atoms with Gasteiger partial charge in [0, 0.05) is 25.6 Å². The number of para-hydroxylation sites is 1. The van der Waals surface area contributed by atoms with Crippen LogP contribution in [-0.4, -0.2) is 38.0 Å². The zero-order valence-corrected chi connectivity index (χ0v) is 16.8. The molecule has 0 atom stereocenters. The number of benzene rings is 2. The smallest absolute Gasteiger partial charge is 0.223 e. The Morgan fingerprint density at radius 2 is 1.64 bits per heavy atom. The summed E-state index contributed by atoms with van der Waals surface area (Å²) in [5.41, 5.74) is 2.08. The van der Waals surface area contributed by atoms with Gasteiger partial charge in [-0.15, -0.1) is 0 Å². The van der Waals surface area contributed by atoms with E-state index in [2.05, 4.69) is 5.32 Å². The van der Waals surface area contributed by atoms with Gasteiger partial charge in [0.25, 0.3) is 0 Å². The number of ether oxygens (including phenoxy) is 1. The quantitative estimate of drug-likeness (QED) is 0.772. The van der Waals surface area contributed by atoms with Crippen molar-refractivity contribution < 1.29 is 17.9 Å². The molecule has 0 aromatic heterocycles. The fourth-order valence-electron chi connectivity index (χ4n) is 3.22. The molecule has 6 nitrogen and oxygen atoms in total. The predicted molar refractivity (Wildman–Crippen MR) is 108 cm³/mol. The highest BCUT2D eigenvalue weighted by atomic mass is 32.2. The van der Waals surface area contributed by atoms with E-state index in [1.54, 1.807) is 0 Å². The minimum atomic E-state index is -3.17. The number of nitrogens with zero attached hydrogens (tertiary/aromatic N) is 1. The molecule has 2 aromatic carbocycles. The third-order valence-electron chi connectivity index (χ3n) is 4.93. The van der Waals surface area contributed by atoms with Gasteiger partial charge in [-0.3, -0.25) is 4.79 Å². The number of rotatable bonds is 7. The third kappa shape index (κ3) is 5.81. The average molecular weight is 403 g/mol. The van der Waals surface area contributed by atoms with Crippen LogP contribution in [0.15, 0.2) is 54.6 Å². The van der Waals surface area contributed by atoms with Crippen molar-refractivity contribution in [1.29, 1.82) is 0 Å². The molecule has 0 unspecified atom stereocenters. The van der Waals surface area contributed by atoms with Gasteiger partial charge in [0.1, 0.15) is 12.4 Å². The van der Waals surface area contributed by atoms with E-state index in [0.29, 0.717) is 39.1 Å². The number of piperidine rings is 1. The minimum Gasteiger partial charge on any atom is -0.489 e. The van der Waals surface area contributed by atoms with Gasteiger partial charge < -0.3 is 10.1 Å². The van der Waals surface area contributed by atoms with Gasteiger partial charge in [-0.2, -0.15) is 0 Å². The highest BCUT2D eigenvalue weighted by molar-refractivity contribution is 7.88. The second-order valence-electron chi connectivity index (χ2n) is 7.07. The Morgan fingerprint density at radius 3 is 2.25 bits per heavy atom. The van der Waals surface area contributed by atoms with Gasteiger partial charge in [-0.25, -0.2) is 12.7 Å². The van der Waals surface area contributed by atoms with E-state index < -0.39 is 10.0 Å². The van der Waals surface area contributed by atoms with Crippen molar-refractivity contribution in [1.82, 2.24) is 9.62 Å². The topological polar surface area (TPSA) is 75.7 Å². The molecule has 0 radical (unpaired) electrons. The minimum absolute atomic E-state index is 0.00959. The zero-order chi connectivity index (χ0) is 20.0. The highest BCUT2D eigenvalue weighted by Crippen LogP contribution is 2.19. The Morgan fingerprint density at radius 1 is 1.04 bits per heavy atom. The van der Waals surface area contributed by atoms with E-state index in [-0.39, 0.29) is 11.8 Å². The summed E-state index contributed by atoms with van der Waals surface area (Å²) in [6.07, 6.45) is 2.34. The Balaban J connectivity index is 1.43. The molecule has 1 N–H and O–H groups in total. The van der Waals surface area contributed by atoms with Crippen molar-refractivity contribution in [3.05, 3.63) is 65.7 Å². The average Bonchev–Trinajstić information content (AvgIpc) is 2.71. The Hall–Kier alpha value is -2.38. The molecular weight excluding hydrogens is 376 g/mol. The molecule has 0 aliphatic carbocycles. The van der Waals surface area contributed by atoms with Crippen LogP contribution >= 0.6 is 0 Å². The number of amides is 1. The van der Waals surface area contributed by atoms with Gasteiger partial charge in [0.2, 0.25) is 15.9 Å². The number of carbonyl (C=O) groups excluding carboxylic acids is 1. The molecule has 0 saturated carbocycles. The van der Waals surface area contributed by atoms with Crippen LogP contribution in [-0.2, 0) is 28.0 Å². The summed E-state index contributed by atoms with van der Waals surface area (Å²) >= 11 is 0. The Kier molecular flexibility index (Phi) is 6.70. The van der Waals surface area contributed by atoms with E-state index in [9.17, 15) is 13.2 Å². The highest BCUT2D eigenvalue weighted by Gasteiger charge is 2.28. The van der Waals surface area contributed by atoms with Gasteiger partial charge in [0.15, 0.2) is 0 Å². The molecule has 1 fully saturated rings. The molecule has 0 bridgehead atoms. The largest absolute Gasteiger partial charge is 0.489 e. The lowest BCUT2D eigenvalue weighted by Crippen LogP contribution is -2.42. The van der Waals surface area contributed by atoms with Crippen LogP contribution in [0.2, 0.25) is 0 Å². The van der Waals surface area contributed by atoms with Crippen molar-refractivity contribution in [3.8, 4) is 5.75 Å². The molecule has 150 valence electrons.